The Labute approximate surface area is 221 Å². The van der Waals surface area contributed by atoms with Crippen molar-refractivity contribution in [3.05, 3.63) is 88.1 Å². The van der Waals surface area contributed by atoms with E-state index in [0.29, 0.717) is 50.9 Å². The van der Waals surface area contributed by atoms with Gasteiger partial charge in [-0.05, 0) is 42.8 Å². The topological polar surface area (TPSA) is 78.2 Å². The molecular formula is C29H30ClN3O4. The van der Waals surface area contributed by atoms with Crippen molar-refractivity contribution in [3.8, 4) is 11.5 Å². The number of nitrogens with zero attached hydrogens (tertiary/aromatic N) is 2. The van der Waals surface area contributed by atoms with Crippen molar-refractivity contribution in [1.29, 1.82) is 0 Å². The number of carbonyl (C=O) groups excluding carboxylic acids is 1. The molecule has 0 atom stereocenters. The van der Waals surface area contributed by atoms with Crippen LogP contribution in [0.15, 0.2) is 65.1 Å². The largest absolute Gasteiger partial charge is 0.508 e. The summed E-state index contributed by atoms with van der Waals surface area (Å²) in [6.07, 6.45) is 0. The molecule has 5 rings (SSSR count). The van der Waals surface area contributed by atoms with Crippen molar-refractivity contribution >= 4 is 34.2 Å². The Morgan fingerprint density at radius 1 is 1.03 bits per heavy atom. The second kappa shape index (κ2) is 10.8. The van der Waals surface area contributed by atoms with Gasteiger partial charge in [-0.25, -0.2) is 0 Å². The third-order valence-electron chi connectivity index (χ3n) is 6.85. The molecule has 0 aliphatic carbocycles. The van der Waals surface area contributed by atoms with E-state index in [1.165, 1.54) is 12.7 Å². The molecule has 0 spiro atoms. The summed E-state index contributed by atoms with van der Waals surface area (Å²) < 4.78 is 11.1. The van der Waals surface area contributed by atoms with E-state index >= 15 is 0 Å². The number of phenols is 1. The molecule has 7 nitrogen and oxygen atoms in total. The lowest BCUT2D eigenvalue weighted by Gasteiger charge is -2.35. The van der Waals surface area contributed by atoms with Crippen molar-refractivity contribution in [1.82, 2.24) is 9.80 Å². The molecule has 1 amide bonds. The fraction of sp³-hybridized carbons (Fsp3) is 0.276. The normalized spacial score (nSPS) is 14.7. The SMILES string of the molecule is COc1ccc(NC(=O)c2c(C)oc3ccc(O)c(CN4CCN(Cc5ccccc5)CC4)c23)cc1Cl. The van der Waals surface area contributed by atoms with Gasteiger partial charge in [-0.1, -0.05) is 41.9 Å². The summed E-state index contributed by atoms with van der Waals surface area (Å²) in [6.45, 7) is 6.81. The molecule has 192 valence electrons. The number of aromatic hydroxyl groups is 1. The van der Waals surface area contributed by atoms with E-state index in [1.54, 1.807) is 37.3 Å². The maximum Gasteiger partial charge on any atom is 0.259 e. The van der Waals surface area contributed by atoms with Gasteiger partial charge in [0, 0.05) is 55.9 Å². The first-order valence-electron chi connectivity index (χ1n) is 12.3. The highest BCUT2D eigenvalue weighted by Gasteiger charge is 2.25. The fourth-order valence-electron chi connectivity index (χ4n) is 4.91. The number of anilines is 1. The molecule has 4 aromatic rings. The summed E-state index contributed by atoms with van der Waals surface area (Å²) in [4.78, 5) is 18.1. The highest BCUT2D eigenvalue weighted by molar-refractivity contribution is 6.32. The Balaban J connectivity index is 1.35. The van der Waals surface area contributed by atoms with Crippen molar-refractivity contribution in [2.75, 3.05) is 38.6 Å². The van der Waals surface area contributed by atoms with Gasteiger partial charge in [0.05, 0.1) is 17.7 Å². The number of nitrogens with one attached hydrogen (secondary N) is 1. The lowest BCUT2D eigenvalue weighted by Crippen LogP contribution is -2.45. The van der Waals surface area contributed by atoms with E-state index < -0.39 is 0 Å². The summed E-state index contributed by atoms with van der Waals surface area (Å²) in [5.41, 5.74) is 3.53. The van der Waals surface area contributed by atoms with Crippen LogP contribution in [0.3, 0.4) is 0 Å². The molecule has 0 bridgehead atoms. The number of phenolic OH excluding ortho intramolecular Hbond substituents is 1. The Bertz CT molecular complexity index is 1410. The Hall–Kier alpha value is -3.52. The zero-order valence-corrected chi connectivity index (χ0v) is 21.7. The van der Waals surface area contributed by atoms with Gasteiger partial charge in [0.2, 0.25) is 0 Å². The minimum absolute atomic E-state index is 0.154. The van der Waals surface area contributed by atoms with Crippen LogP contribution in [0.25, 0.3) is 11.0 Å². The van der Waals surface area contributed by atoms with Gasteiger partial charge in [0.25, 0.3) is 5.91 Å². The second-order valence-corrected chi connectivity index (χ2v) is 9.72. The number of benzene rings is 3. The number of piperazine rings is 1. The lowest BCUT2D eigenvalue weighted by molar-refractivity contribution is 0.102. The summed E-state index contributed by atoms with van der Waals surface area (Å²) in [7, 11) is 1.54. The van der Waals surface area contributed by atoms with Gasteiger partial charge < -0.3 is 19.6 Å². The maximum atomic E-state index is 13.4. The number of rotatable bonds is 7. The number of halogens is 1. The summed E-state index contributed by atoms with van der Waals surface area (Å²) in [6, 6.07) is 18.9. The minimum atomic E-state index is -0.322. The van der Waals surface area contributed by atoms with Crippen LogP contribution in [0.5, 0.6) is 11.5 Å². The summed E-state index contributed by atoms with van der Waals surface area (Å²) in [5, 5.41) is 14.8. The van der Waals surface area contributed by atoms with E-state index in [0.717, 1.165) is 32.7 Å². The average Bonchev–Trinajstić information content (AvgIpc) is 3.24. The van der Waals surface area contributed by atoms with Crippen molar-refractivity contribution in [3.63, 3.8) is 0 Å². The predicted molar refractivity (Wildman–Crippen MR) is 146 cm³/mol. The molecule has 0 saturated carbocycles. The van der Waals surface area contributed by atoms with Gasteiger partial charge in [-0.15, -0.1) is 0 Å². The monoisotopic (exact) mass is 519 g/mol. The number of amides is 1. The van der Waals surface area contributed by atoms with Crippen LogP contribution in [0.1, 0.15) is 27.2 Å². The first-order valence-corrected chi connectivity index (χ1v) is 12.7. The molecule has 37 heavy (non-hydrogen) atoms. The third kappa shape index (κ3) is 5.44. The van der Waals surface area contributed by atoms with Crippen LogP contribution in [0, 0.1) is 6.92 Å². The van der Waals surface area contributed by atoms with Crippen LogP contribution in [-0.4, -0.2) is 54.1 Å². The highest BCUT2D eigenvalue weighted by Crippen LogP contribution is 2.36. The standard InChI is InChI=1S/C29H30ClN3O4/c1-19-27(29(35)31-21-8-10-25(36-2)23(30)16-21)28-22(24(34)9-11-26(28)37-19)18-33-14-12-32(13-15-33)17-20-6-4-3-5-7-20/h3-11,16,34H,12-15,17-18H2,1-2H3,(H,31,35). The van der Waals surface area contributed by atoms with Crippen LogP contribution < -0.4 is 10.1 Å². The predicted octanol–water partition coefficient (Wildman–Crippen LogP) is 5.68. The highest BCUT2D eigenvalue weighted by atomic mass is 35.5. The van der Waals surface area contributed by atoms with Gasteiger partial charge in [-0.3, -0.25) is 14.6 Å². The summed E-state index contributed by atoms with van der Waals surface area (Å²) in [5.74, 6) is 0.853. The molecular weight excluding hydrogens is 490 g/mol. The summed E-state index contributed by atoms with van der Waals surface area (Å²) >= 11 is 6.24. The number of furan rings is 1. The molecule has 3 aromatic carbocycles. The van der Waals surface area contributed by atoms with Gasteiger partial charge >= 0.3 is 0 Å². The van der Waals surface area contributed by atoms with Crippen molar-refractivity contribution in [2.24, 2.45) is 0 Å². The quantitative estimate of drug-likeness (QED) is 0.327. The molecule has 2 N–H and O–H groups in total. The fourth-order valence-corrected chi connectivity index (χ4v) is 5.17. The van der Waals surface area contributed by atoms with E-state index in [2.05, 4.69) is 39.4 Å². The van der Waals surface area contributed by atoms with Crippen molar-refractivity contribution in [2.45, 2.75) is 20.0 Å². The maximum absolute atomic E-state index is 13.4. The number of hydrogen-bond acceptors (Lipinski definition) is 6. The van der Waals surface area contributed by atoms with E-state index in [-0.39, 0.29) is 11.7 Å². The third-order valence-corrected chi connectivity index (χ3v) is 7.14. The van der Waals surface area contributed by atoms with Crippen LogP contribution >= 0.6 is 11.6 Å². The molecule has 0 radical (unpaired) electrons. The number of fused-ring (bicyclic) bond motifs is 1. The van der Waals surface area contributed by atoms with E-state index in [4.69, 9.17) is 20.8 Å². The first kappa shape index (κ1) is 25.1. The van der Waals surface area contributed by atoms with Gasteiger partial charge in [0.1, 0.15) is 22.8 Å². The van der Waals surface area contributed by atoms with Gasteiger partial charge in [0.15, 0.2) is 0 Å². The number of ether oxygens (including phenoxy) is 1. The molecule has 8 heteroatoms. The van der Waals surface area contributed by atoms with Crippen LogP contribution in [0.4, 0.5) is 5.69 Å². The van der Waals surface area contributed by atoms with E-state index in [1.807, 2.05) is 6.07 Å². The zero-order chi connectivity index (χ0) is 25.9. The smallest absolute Gasteiger partial charge is 0.259 e. The Kier molecular flexibility index (Phi) is 7.37. The van der Waals surface area contributed by atoms with E-state index in [9.17, 15) is 9.90 Å². The molecule has 1 fully saturated rings. The lowest BCUT2D eigenvalue weighted by atomic mass is 10.0. The number of methoxy groups -OCH3 is 1. The second-order valence-electron chi connectivity index (χ2n) is 9.31. The van der Waals surface area contributed by atoms with Gasteiger partial charge in [-0.2, -0.15) is 0 Å². The molecule has 1 aromatic heterocycles. The Morgan fingerprint density at radius 2 is 1.73 bits per heavy atom. The number of carbonyl (C=O) groups is 1. The molecule has 1 aliphatic rings. The van der Waals surface area contributed by atoms with Crippen molar-refractivity contribution < 1.29 is 19.1 Å². The Morgan fingerprint density at radius 3 is 2.41 bits per heavy atom. The van der Waals surface area contributed by atoms with Crippen LogP contribution in [-0.2, 0) is 13.1 Å². The number of hydrogen-bond donors (Lipinski definition) is 2. The molecule has 0 unspecified atom stereocenters. The first-order chi connectivity index (χ1) is 17.9. The zero-order valence-electron chi connectivity index (χ0n) is 21.0. The average molecular weight is 520 g/mol. The molecule has 2 heterocycles. The number of aryl methyl sites for hydroxylation is 1. The molecule has 1 saturated heterocycles. The minimum Gasteiger partial charge on any atom is -0.508 e. The molecule has 1 aliphatic heterocycles. The van der Waals surface area contributed by atoms with Crippen LogP contribution in [0.2, 0.25) is 5.02 Å².